The predicted octanol–water partition coefficient (Wildman–Crippen LogP) is 6.13. The first kappa shape index (κ1) is 25.1. The Labute approximate surface area is 221 Å². The molecule has 1 fully saturated rings. The molecule has 1 N–H and O–H groups in total. The lowest BCUT2D eigenvalue weighted by molar-refractivity contribution is -0.123. The minimum Gasteiger partial charge on any atom is -0.493 e. The summed E-state index contributed by atoms with van der Waals surface area (Å²) >= 11 is 18.6. The standard InChI is InChI=1S/C25H18Cl2N2O4S2/c1-32-21-11-15(7-10-20(21)33-14-17-8-9-18(26)13-19(17)27)12-22-24(31)29(25(34)35-22)28-23(30)16-5-3-2-4-6-16/h2-13H,14H2,1H3,(H,28,30). The monoisotopic (exact) mass is 544 g/mol. The molecule has 0 spiro atoms. The van der Waals surface area contributed by atoms with E-state index in [1.807, 2.05) is 0 Å². The fourth-order valence-electron chi connectivity index (χ4n) is 3.16. The highest BCUT2D eigenvalue weighted by Gasteiger charge is 2.33. The number of hydrazine groups is 1. The number of ether oxygens (including phenoxy) is 2. The molecule has 1 heterocycles. The van der Waals surface area contributed by atoms with Crippen molar-refractivity contribution in [3.63, 3.8) is 0 Å². The van der Waals surface area contributed by atoms with Gasteiger partial charge in [-0.3, -0.25) is 15.0 Å². The fraction of sp³-hybridized carbons (Fsp3) is 0.0800. The van der Waals surface area contributed by atoms with E-state index in [4.69, 9.17) is 44.9 Å². The molecular formula is C25H18Cl2N2O4S2. The molecular weight excluding hydrogens is 527 g/mol. The summed E-state index contributed by atoms with van der Waals surface area (Å²) in [4.78, 5) is 25.7. The van der Waals surface area contributed by atoms with Gasteiger partial charge in [-0.25, -0.2) is 0 Å². The second-order valence-electron chi connectivity index (χ2n) is 7.26. The number of carbonyl (C=O) groups is 2. The second kappa shape index (κ2) is 11.1. The summed E-state index contributed by atoms with van der Waals surface area (Å²) in [5, 5.41) is 2.13. The molecule has 1 aliphatic heterocycles. The van der Waals surface area contributed by atoms with E-state index >= 15 is 0 Å². The van der Waals surface area contributed by atoms with Crippen LogP contribution in [0.2, 0.25) is 10.0 Å². The molecule has 0 unspecified atom stereocenters. The quantitative estimate of drug-likeness (QED) is 0.285. The van der Waals surface area contributed by atoms with Crippen LogP contribution in [0.4, 0.5) is 0 Å². The number of nitrogens with zero attached hydrogens (tertiary/aromatic N) is 1. The van der Waals surface area contributed by atoms with E-state index in [9.17, 15) is 9.59 Å². The van der Waals surface area contributed by atoms with Gasteiger partial charge < -0.3 is 9.47 Å². The van der Waals surface area contributed by atoms with Gasteiger partial charge in [0.2, 0.25) is 0 Å². The number of rotatable bonds is 7. The van der Waals surface area contributed by atoms with Crippen molar-refractivity contribution in [3.8, 4) is 11.5 Å². The van der Waals surface area contributed by atoms with Crippen LogP contribution in [0.1, 0.15) is 21.5 Å². The SMILES string of the molecule is COc1cc(C=C2SC(=S)N(NC(=O)c3ccccc3)C2=O)ccc1OCc1ccc(Cl)cc1Cl. The van der Waals surface area contributed by atoms with Crippen LogP contribution in [0.15, 0.2) is 71.6 Å². The van der Waals surface area contributed by atoms with Crippen LogP contribution in [0.25, 0.3) is 6.08 Å². The van der Waals surface area contributed by atoms with E-state index in [2.05, 4.69) is 5.43 Å². The third-order valence-corrected chi connectivity index (χ3v) is 6.82. The van der Waals surface area contributed by atoms with E-state index in [1.54, 1.807) is 72.8 Å². The Morgan fingerprint density at radius 3 is 2.57 bits per heavy atom. The van der Waals surface area contributed by atoms with E-state index in [0.717, 1.165) is 22.3 Å². The molecule has 10 heteroatoms. The molecule has 4 rings (SSSR count). The van der Waals surface area contributed by atoms with Gasteiger partial charge in [-0.1, -0.05) is 65.3 Å². The Morgan fingerprint density at radius 2 is 1.86 bits per heavy atom. The van der Waals surface area contributed by atoms with Gasteiger partial charge in [-0.15, -0.1) is 0 Å². The zero-order chi connectivity index (χ0) is 24.9. The van der Waals surface area contributed by atoms with Gasteiger partial charge in [0, 0.05) is 21.2 Å². The summed E-state index contributed by atoms with van der Waals surface area (Å²) in [5.41, 5.74) is 4.47. The van der Waals surface area contributed by atoms with Crippen LogP contribution in [-0.2, 0) is 11.4 Å². The maximum absolute atomic E-state index is 12.9. The van der Waals surface area contributed by atoms with Crippen LogP contribution in [-0.4, -0.2) is 28.3 Å². The summed E-state index contributed by atoms with van der Waals surface area (Å²) in [7, 11) is 1.53. The lowest BCUT2D eigenvalue weighted by atomic mass is 10.2. The molecule has 3 aromatic rings. The van der Waals surface area contributed by atoms with Crippen molar-refractivity contribution < 1.29 is 19.1 Å². The van der Waals surface area contributed by atoms with Gasteiger partial charge in [-0.2, -0.15) is 5.01 Å². The molecule has 6 nitrogen and oxygen atoms in total. The second-order valence-corrected chi connectivity index (χ2v) is 9.78. The summed E-state index contributed by atoms with van der Waals surface area (Å²) < 4.78 is 11.6. The first-order valence-electron chi connectivity index (χ1n) is 10.2. The highest BCUT2D eigenvalue weighted by Crippen LogP contribution is 2.34. The summed E-state index contributed by atoms with van der Waals surface area (Å²) in [6, 6.07) is 19.1. The van der Waals surface area contributed by atoms with E-state index in [1.165, 1.54) is 7.11 Å². The highest BCUT2D eigenvalue weighted by atomic mass is 35.5. The summed E-state index contributed by atoms with van der Waals surface area (Å²) in [6.07, 6.45) is 1.68. The van der Waals surface area contributed by atoms with Crippen molar-refractivity contribution in [3.05, 3.63) is 98.4 Å². The van der Waals surface area contributed by atoms with Crippen molar-refractivity contribution >= 4 is 69.4 Å². The Bertz CT molecular complexity index is 1330. The first-order chi connectivity index (χ1) is 16.9. The molecule has 1 saturated heterocycles. The molecule has 0 bridgehead atoms. The van der Waals surface area contributed by atoms with Gasteiger partial charge in [-0.05, 0) is 60.3 Å². The molecule has 0 aromatic heterocycles. The Kier molecular flexibility index (Phi) is 7.97. The number of methoxy groups -OCH3 is 1. The Balaban J connectivity index is 1.47. The van der Waals surface area contributed by atoms with Crippen molar-refractivity contribution in [2.45, 2.75) is 6.61 Å². The lowest BCUT2D eigenvalue weighted by Crippen LogP contribution is -2.44. The molecule has 0 aliphatic carbocycles. The number of nitrogens with one attached hydrogen (secondary N) is 1. The molecule has 178 valence electrons. The molecule has 3 aromatic carbocycles. The van der Waals surface area contributed by atoms with Crippen LogP contribution in [0.5, 0.6) is 11.5 Å². The Hall–Kier alpha value is -3.04. The molecule has 0 saturated carbocycles. The van der Waals surface area contributed by atoms with Gasteiger partial charge in [0.05, 0.1) is 12.0 Å². The van der Waals surface area contributed by atoms with E-state index < -0.39 is 11.8 Å². The maximum atomic E-state index is 12.9. The number of halogens is 2. The van der Waals surface area contributed by atoms with Crippen LogP contribution < -0.4 is 14.9 Å². The van der Waals surface area contributed by atoms with Crippen molar-refractivity contribution in [1.29, 1.82) is 0 Å². The topological polar surface area (TPSA) is 67.9 Å². The number of hydrogen-bond acceptors (Lipinski definition) is 6. The third kappa shape index (κ3) is 5.97. The van der Waals surface area contributed by atoms with Crippen molar-refractivity contribution in [2.75, 3.05) is 7.11 Å². The number of amides is 2. The van der Waals surface area contributed by atoms with Crippen molar-refractivity contribution in [2.24, 2.45) is 0 Å². The first-order valence-corrected chi connectivity index (χ1v) is 12.2. The summed E-state index contributed by atoms with van der Waals surface area (Å²) in [5.74, 6) is 0.156. The van der Waals surface area contributed by atoms with Gasteiger partial charge in [0.1, 0.15) is 6.61 Å². The van der Waals surface area contributed by atoms with Crippen LogP contribution >= 0.6 is 47.2 Å². The lowest BCUT2D eigenvalue weighted by Gasteiger charge is -2.15. The highest BCUT2D eigenvalue weighted by molar-refractivity contribution is 8.26. The maximum Gasteiger partial charge on any atom is 0.285 e. The normalized spacial score (nSPS) is 14.4. The zero-order valence-electron chi connectivity index (χ0n) is 18.3. The number of benzene rings is 3. The zero-order valence-corrected chi connectivity index (χ0v) is 21.4. The number of hydrogen-bond donors (Lipinski definition) is 1. The van der Waals surface area contributed by atoms with E-state index in [-0.39, 0.29) is 10.9 Å². The van der Waals surface area contributed by atoms with Gasteiger partial charge >= 0.3 is 0 Å². The van der Waals surface area contributed by atoms with Gasteiger partial charge in [0.15, 0.2) is 15.8 Å². The molecule has 0 radical (unpaired) electrons. The minimum atomic E-state index is -0.424. The van der Waals surface area contributed by atoms with Crippen LogP contribution in [0, 0.1) is 0 Å². The average molecular weight is 545 g/mol. The molecule has 0 atom stereocenters. The summed E-state index contributed by atoms with van der Waals surface area (Å²) in [6.45, 7) is 0.228. The number of thioether (sulfide) groups is 1. The molecule has 1 aliphatic rings. The van der Waals surface area contributed by atoms with Crippen molar-refractivity contribution in [1.82, 2.24) is 10.4 Å². The predicted molar refractivity (Wildman–Crippen MR) is 143 cm³/mol. The largest absolute Gasteiger partial charge is 0.493 e. The van der Waals surface area contributed by atoms with E-state index in [0.29, 0.717) is 37.6 Å². The third-order valence-electron chi connectivity index (χ3n) is 4.93. The Morgan fingerprint density at radius 1 is 1.09 bits per heavy atom. The number of carbonyl (C=O) groups excluding carboxylic acids is 2. The smallest absolute Gasteiger partial charge is 0.285 e. The fourth-order valence-corrected chi connectivity index (χ4v) is 4.80. The average Bonchev–Trinajstić information content (AvgIpc) is 3.11. The van der Waals surface area contributed by atoms with Crippen LogP contribution in [0.3, 0.4) is 0 Å². The molecule has 2 amide bonds. The minimum absolute atomic E-state index is 0.228. The number of thiocarbonyl (C=S) groups is 1. The molecule has 35 heavy (non-hydrogen) atoms. The van der Waals surface area contributed by atoms with Gasteiger partial charge in [0.25, 0.3) is 11.8 Å².